The number of fused-ring (bicyclic) bond motifs is 1. The van der Waals surface area contributed by atoms with Gasteiger partial charge in [0.05, 0.1) is 6.54 Å². The van der Waals surface area contributed by atoms with Gasteiger partial charge in [-0.05, 0) is 29.7 Å². The molecule has 4 rings (SSSR count). The molecule has 2 aromatic heterocycles. The molecule has 3 aromatic rings. The SMILES string of the molecule is CCn1cc(-c2ccccc2C2CN(C(=O)/C=C/CN)Cc3sc(C#N)cc32)c(C(F)(F)F)n1. The highest BCUT2D eigenvalue weighted by molar-refractivity contribution is 7.12. The molecular weight excluding hydrogens is 463 g/mol. The van der Waals surface area contributed by atoms with E-state index >= 15 is 0 Å². The first kappa shape index (κ1) is 23.7. The lowest BCUT2D eigenvalue weighted by Gasteiger charge is -2.33. The van der Waals surface area contributed by atoms with Gasteiger partial charge < -0.3 is 10.6 Å². The minimum absolute atomic E-state index is 0.00582. The average Bonchev–Trinajstić information content (AvgIpc) is 3.46. The number of benzene rings is 1. The van der Waals surface area contributed by atoms with E-state index in [2.05, 4.69) is 11.2 Å². The lowest BCUT2D eigenvalue weighted by atomic mass is 9.83. The number of nitrogens with two attached hydrogens (primary N) is 1. The number of amides is 1. The zero-order valence-electron chi connectivity index (χ0n) is 18.3. The van der Waals surface area contributed by atoms with Crippen LogP contribution in [-0.2, 0) is 24.1 Å². The van der Waals surface area contributed by atoms with Crippen LogP contribution in [0.5, 0.6) is 0 Å². The summed E-state index contributed by atoms with van der Waals surface area (Å²) in [6, 6.07) is 10.8. The first-order chi connectivity index (χ1) is 16.3. The van der Waals surface area contributed by atoms with Crippen molar-refractivity contribution in [3.05, 3.63) is 75.3 Å². The van der Waals surface area contributed by atoms with Crippen LogP contribution in [0.3, 0.4) is 0 Å². The highest BCUT2D eigenvalue weighted by Gasteiger charge is 2.39. The maximum absolute atomic E-state index is 13.9. The van der Waals surface area contributed by atoms with Gasteiger partial charge in [0, 0.05) is 48.3 Å². The molecule has 0 fully saturated rings. The van der Waals surface area contributed by atoms with Gasteiger partial charge in [0.15, 0.2) is 5.69 Å². The molecule has 0 saturated heterocycles. The molecule has 176 valence electrons. The number of carbonyl (C=O) groups is 1. The Morgan fingerprint density at radius 3 is 2.76 bits per heavy atom. The standard InChI is InChI=1S/C24H22F3N5OS/c1-2-32-13-20(23(30-32)24(25,26)27)17-7-4-3-6-16(17)19-12-31(22(33)8-5-9-28)14-21-18(19)10-15(11-29)34-21/h3-8,10,13,19H,2,9,12,14,28H2,1H3/b8-5+. The number of alkyl halides is 3. The third kappa shape index (κ3) is 4.49. The number of rotatable bonds is 5. The van der Waals surface area contributed by atoms with E-state index < -0.39 is 17.8 Å². The van der Waals surface area contributed by atoms with Gasteiger partial charge in [0.1, 0.15) is 10.9 Å². The van der Waals surface area contributed by atoms with Gasteiger partial charge in [-0.15, -0.1) is 11.3 Å². The van der Waals surface area contributed by atoms with Gasteiger partial charge in [0.25, 0.3) is 0 Å². The molecule has 34 heavy (non-hydrogen) atoms. The Balaban J connectivity index is 1.87. The predicted octanol–water partition coefficient (Wildman–Crippen LogP) is 4.51. The lowest BCUT2D eigenvalue weighted by Crippen LogP contribution is -2.37. The van der Waals surface area contributed by atoms with E-state index in [9.17, 15) is 23.2 Å². The molecular formula is C24H22F3N5OS. The number of thiophene rings is 1. The molecule has 0 spiro atoms. The minimum atomic E-state index is -4.62. The largest absolute Gasteiger partial charge is 0.435 e. The molecule has 1 aliphatic rings. The fraction of sp³-hybridized carbons (Fsp3) is 0.292. The van der Waals surface area contributed by atoms with E-state index in [-0.39, 0.29) is 24.6 Å². The van der Waals surface area contributed by atoms with E-state index in [1.54, 1.807) is 48.2 Å². The number of aryl methyl sites for hydroxylation is 1. The Hall–Kier alpha value is -3.42. The van der Waals surface area contributed by atoms with Crippen LogP contribution < -0.4 is 5.73 Å². The van der Waals surface area contributed by atoms with Gasteiger partial charge in [-0.25, -0.2) is 0 Å². The Labute approximate surface area is 198 Å². The third-order valence-corrected chi connectivity index (χ3v) is 6.79. The quantitative estimate of drug-likeness (QED) is 0.539. The molecule has 0 saturated carbocycles. The van der Waals surface area contributed by atoms with Gasteiger partial charge in [-0.1, -0.05) is 30.3 Å². The number of halogens is 3. The van der Waals surface area contributed by atoms with Gasteiger partial charge in [0.2, 0.25) is 5.91 Å². The van der Waals surface area contributed by atoms with Crippen molar-refractivity contribution >= 4 is 17.2 Å². The lowest BCUT2D eigenvalue weighted by molar-refractivity contribution is -0.141. The summed E-state index contributed by atoms with van der Waals surface area (Å²) in [5.74, 6) is -0.639. The smallest absolute Gasteiger partial charge is 0.333 e. The van der Waals surface area contributed by atoms with Crippen LogP contribution in [0.1, 0.15) is 39.4 Å². The Morgan fingerprint density at radius 2 is 2.09 bits per heavy atom. The van der Waals surface area contributed by atoms with Crippen molar-refractivity contribution in [1.82, 2.24) is 14.7 Å². The first-order valence-corrected chi connectivity index (χ1v) is 11.5. The van der Waals surface area contributed by atoms with E-state index in [1.807, 2.05) is 0 Å². The summed E-state index contributed by atoms with van der Waals surface area (Å²) in [5.41, 5.74) is 6.44. The topological polar surface area (TPSA) is 87.9 Å². The Morgan fingerprint density at radius 1 is 1.32 bits per heavy atom. The van der Waals surface area contributed by atoms with Crippen molar-refractivity contribution in [1.29, 1.82) is 5.26 Å². The number of nitriles is 1. The number of nitrogens with zero attached hydrogens (tertiary/aromatic N) is 4. The highest BCUT2D eigenvalue weighted by Crippen LogP contribution is 2.44. The fourth-order valence-corrected chi connectivity index (χ4v) is 5.25. The molecule has 1 amide bonds. The summed E-state index contributed by atoms with van der Waals surface area (Å²) >= 11 is 1.30. The van der Waals surface area contributed by atoms with Crippen molar-refractivity contribution in [2.75, 3.05) is 13.1 Å². The zero-order valence-corrected chi connectivity index (χ0v) is 19.2. The second-order valence-electron chi connectivity index (χ2n) is 7.84. The van der Waals surface area contributed by atoms with Crippen LogP contribution >= 0.6 is 11.3 Å². The minimum Gasteiger partial charge on any atom is -0.333 e. The summed E-state index contributed by atoms with van der Waals surface area (Å²) in [7, 11) is 0. The number of hydrogen-bond donors (Lipinski definition) is 1. The third-order valence-electron chi connectivity index (χ3n) is 5.75. The molecule has 1 atom stereocenters. The normalized spacial score (nSPS) is 16.0. The van der Waals surface area contributed by atoms with Crippen molar-refractivity contribution in [3.8, 4) is 17.2 Å². The maximum Gasteiger partial charge on any atom is 0.435 e. The van der Waals surface area contributed by atoms with E-state index in [0.717, 1.165) is 10.4 Å². The van der Waals surface area contributed by atoms with Crippen LogP contribution in [0.25, 0.3) is 11.1 Å². The molecule has 0 bridgehead atoms. The summed E-state index contributed by atoms with van der Waals surface area (Å²) in [5, 5.41) is 13.2. The number of hydrogen-bond acceptors (Lipinski definition) is 5. The van der Waals surface area contributed by atoms with Crippen LogP contribution in [0.4, 0.5) is 13.2 Å². The van der Waals surface area contributed by atoms with Crippen LogP contribution in [0.15, 0.2) is 48.7 Å². The molecule has 6 nitrogen and oxygen atoms in total. The van der Waals surface area contributed by atoms with Crippen molar-refractivity contribution in [2.24, 2.45) is 5.73 Å². The summed E-state index contributed by atoms with van der Waals surface area (Å²) in [6.45, 7) is 2.84. The number of aromatic nitrogens is 2. The van der Waals surface area contributed by atoms with Crippen LogP contribution in [0.2, 0.25) is 0 Å². The van der Waals surface area contributed by atoms with Gasteiger partial charge in [-0.2, -0.15) is 23.5 Å². The van der Waals surface area contributed by atoms with Gasteiger partial charge >= 0.3 is 6.18 Å². The van der Waals surface area contributed by atoms with Gasteiger partial charge in [-0.3, -0.25) is 9.48 Å². The van der Waals surface area contributed by atoms with E-state index in [4.69, 9.17) is 5.73 Å². The van der Waals surface area contributed by atoms with Crippen molar-refractivity contribution < 1.29 is 18.0 Å². The molecule has 1 aliphatic heterocycles. The van der Waals surface area contributed by atoms with Crippen molar-refractivity contribution in [2.45, 2.75) is 32.1 Å². The van der Waals surface area contributed by atoms with Crippen LogP contribution in [-0.4, -0.2) is 33.7 Å². The van der Waals surface area contributed by atoms with E-state index in [0.29, 0.717) is 29.1 Å². The first-order valence-electron chi connectivity index (χ1n) is 10.7. The Bertz CT molecular complexity index is 1280. The maximum atomic E-state index is 13.9. The Kier molecular flexibility index (Phi) is 6.59. The zero-order chi connectivity index (χ0) is 24.5. The molecule has 3 heterocycles. The van der Waals surface area contributed by atoms with Crippen LogP contribution in [0, 0.1) is 11.3 Å². The molecule has 0 radical (unpaired) electrons. The monoisotopic (exact) mass is 485 g/mol. The molecule has 0 aliphatic carbocycles. The van der Waals surface area contributed by atoms with E-state index in [1.165, 1.54) is 28.3 Å². The molecule has 2 N–H and O–H groups in total. The molecule has 1 aromatic carbocycles. The number of carbonyl (C=O) groups excluding carboxylic acids is 1. The summed E-state index contributed by atoms with van der Waals surface area (Å²) in [4.78, 5) is 15.7. The predicted molar refractivity (Wildman–Crippen MR) is 123 cm³/mol. The fourth-order valence-electron chi connectivity index (χ4n) is 4.22. The second kappa shape index (κ2) is 9.44. The highest BCUT2D eigenvalue weighted by atomic mass is 32.1. The second-order valence-corrected chi connectivity index (χ2v) is 8.98. The molecule has 10 heteroatoms. The molecule has 1 unspecified atom stereocenters. The summed E-state index contributed by atoms with van der Waals surface area (Å²) < 4.78 is 42.8. The average molecular weight is 486 g/mol. The summed E-state index contributed by atoms with van der Waals surface area (Å²) in [6.07, 6.45) is -0.247. The van der Waals surface area contributed by atoms with Crippen molar-refractivity contribution in [3.63, 3.8) is 0 Å².